The zero-order valence-electron chi connectivity index (χ0n) is 11.8. The van der Waals surface area contributed by atoms with Crippen molar-refractivity contribution in [2.24, 2.45) is 0 Å². The van der Waals surface area contributed by atoms with Gasteiger partial charge in [-0.1, -0.05) is 32.1 Å². The minimum Gasteiger partial charge on any atom is -0.379 e. The molecule has 0 aromatic heterocycles. The maximum Gasteiger partial charge on any atom is 0.280 e. The Hall–Kier alpha value is -0.680. The second-order valence-electron chi connectivity index (χ2n) is 5.58. The molecule has 20 heavy (non-hydrogen) atoms. The van der Waals surface area contributed by atoms with E-state index in [0.29, 0.717) is 39.1 Å². The van der Waals surface area contributed by atoms with Crippen LogP contribution in [0.5, 0.6) is 0 Å². The molecule has 1 aliphatic carbocycles. The molecule has 6 nitrogen and oxygen atoms in total. The third-order valence-corrected chi connectivity index (χ3v) is 5.75. The van der Waals surface area contributed by atoms with Gasteiger partial charge in [-0.3, -0.25) is 0 Å². The van der Waals surface area contributed by atoms with E-state index < -0.39 is 15.7 Å². The van der Waals surface area contributed by atoms with Gasteiger partial charge in [0, 0.05) is 13.1 Å². The van der Waals surface area contributed by atoms with Crippen LogP contribution in [-0.4, -0.2) is 44.6 Å². The molecular weight excluding hydrogens is 278 g/mol. The number of nitriles is 1. The van der Waals surface area contributed by atoms with Crippen LogP contribution in [0.1, 0.15) is 44.9 Å². The molecular formula is C13H23N3O3S. The van der Waals surface area contributed by atoms with E-state index in [-0.39, 0.29) is 0 Å². The highest BCUT2D eigenvalue weighted by Crippen LogP contribution is 2.27. The third kappa shape index (κ3) is 3.92. The number of hydrogen-bond acceptors (Lipinski definition) is 4. The van der Waals surface area contributed by atoms with Crippen LogP contribution in [0.2, 0.25) is 0 Å². The number of rotatable bonds is 3. The van der Waals surface area contributed by atoms with Crippen molar-refractivity contribution in [1.29, 1.82) is 5.26 Å². The number of hydrogen-bond donors (Lipinski definition) is 1. The molecule has 0 bridgehead atoms. The van der Waals surface area contributed by atoms with Crippen LogP contribution in [0, 0.1) is 11.3 Å². The van der Waals surface area contributed by atoms with Gasteiger partial charge in [-0.05, 0) is 12.8 Å². The number of morpholine rings is 1. The average Bonchev–Trinajstić information content (AvgIpc) is 2.43. The Balaban J connectivity index is 2.08. The third-order valence-electron chi connectivity index (χ3n) is 4.06. The maximum absolute atomic E-state index is 12.4. The van der Waals surface area contributed by atoms with Gasteiger partial charge in [0.15, 0.2) is 0 Å². The first-order valence-electron chi connectivity index (χ1n) is 7.36. The zero-order chi connectivity index (χ0) is 14.5. The van der Waals surface area contributed by atoms with Gasteiger partial charge >= 0.3 is 0 Å². The first-order valence-corrected chi connectivity index (χ1v) is 8.80. The predicted octanol–water partition coefficient (Wildman–Crippen LogP) is 1.16. The highest BCUT2D eigenvalue weighted by atomic mass is 32.2. The summed E-state index contributed by atoms with van der Waals surface area (Å²) in [6.07, 6.45) is 6.33. The van der Waals surface area contributed by atoms with E-state index in [0.717, 1.165) is 25.7 Å². The number of ether oxygens (including phenoxy) is 1. The second kappa shape index (κ2) is 6.85. The van der Waals surface area contributed by atoms with Gasteiger partial charge in [-0.25, -0.2) is 0 Å². The summed E-state index contributed by atoms with van der Waals surface area (Å²) < 4.78 is 34.1. The predicted molar refractivity (Wildman–Crippen MR) is 75.1 cm³/mol. The van der Waals surface area contributed by atoms with Crippen LogP contribution < -0.4 is 4.72 Å². The zero-order valence-corrected chi connectivity index (χ0v) is 12.6. The van der Waals surface area contributed by atoms with Crippen molar-refractivity contribution in [3.63, 3.8) is 0 Å². The lowest BCUT2D eigenvalue weighted by Crippen LogP contribution is -2.55. The highest BCUT2D eigenvalue weighted by molar-refractivity contribution is 7.87. The maximum atomic E-state index is 12.4. The van der Waals surface area contributed by atoms with Crippen molar-refractivity contribution in [3.05, 3.63) is 0 Å². The Morgan fingerprint density at radius 1 is 1.05 bits per heavy atom. The molecule has 0 unspecified atom stereocenters. The summed E-state index contributed by atoms with van der Waals surface area (Å²) in [6, 6.07) is 2.23. The largest absolute Gasteiger partial charge is 0.379 e. The van der Waals surface area contributed by atoms with Gasteiger partial charge < -0.3 is 4.74 Å². The first-order chi connectivity index (χ1) is 9.58. The molecule has 2 aliphatic rings. The lowest BCUT2D eigenvalue weighted by Gasteiger charge is -2.33. The Morgan fingerprint density at radius 2 is 1.60 bits per heavy atom. The first kappa shape index (κ1) is 15.7. The van der Waals surface area contributed by atoms with Gasteiger partial charge in [0.2, 0.25) is 0 Å². The second-order valence-corrected chi connectivity index (χ2v) is 7.25. The molecule has 7 heteroatoms. The quantitative estimate of drug-likeness (QED) is 0.848. The molecule has 2 rings (SSSR count). The minimum atomic E-state index is -3.60. The summed E-state index contributed by atoms with van der Waals surface area (Å²) in [5.74, 6) is 0. The summed E-state index contributed by atoms with van der Waals surface area (Å²) in [5.41, 5.74) is -0.933. The SMILES string of the molecule is N#CC1(NS(=O)(=O)N2CCOCC2)CCCCCCC1. The summed E-state index contributed by atoms with van der Waals surface area (Å²) in [5, 5.41) is 9.50. The fourth-order valence-corrected chi connectivity index (χ4v) is 4.35. The fraction of sp³-hybridized carbons (Fsp3) is 0.923. The summed E-state index contributed by atoms with van der Waals surface area (Å²) in [6.45, 7) is 1.55. The Bertz CT molecular complexity index is 444. The Labute approximate surface area is 121 Å². The van der Waals surface area contributed by atoms with E-state index in [2.05, 4.69) is 10.8 Å². The van der Waals surface area contributed by atoms with Crippen molar-refractivity contribution in [3.8, 4) is 6.07 Å². The molecule has 114 valence electrons. The van der Waals surface area contributed by atoms with E-state index in [1.54, 1.807) is 0 Å². The summed E-state index contributed by atoms with van der Waals surface area (Å²) in [4.78, 5) is 0. The lowest BCUT2D eigenvalue weighted by atomic mass is 9.86. The average molecular weight is 301 g/mol. The van der Waals surface area contributed by atoms with Crippen molar-refractivity contribution < 1.29 is 13.2 Å². The molecule has 0 aromatic carbocycles. The Kier molecular flexibility index (Phi) is 5.38. The molecule has 0 atom stereocenters. The summed E-state index contributed by atoms with van der Waals surface area (Å²) >= 11 is 0. The highest BCUT2D eigenvalue weighted by Gasteiger charge is 2.37. The van der Waals surface area contributed by atoms with Crippen LogP contribution in [-0.2, 0) is 14.9 Å². The normalized spacial score (nSPS) is 25.4. The van der Waals surface area contributed by atoms with Gasteiger partial charge in [0.1, 0.15) is 5.54 Å². The number of nitrogens with one attached hydrogen (secondary N) is 1. The van der Waals surface area contributed by atoms with Crippen molar-refractivity contribution in [2.75, 3.05) is 26.3 Å². The monoisotopic (exact) mass is 301 g/mol. The van der Waals surface area contributed by atoms with Crippen LogP contribution >= 0.6 is 0 Å². The molecule has 1 heterocycles. The smallest absolute Gasteiger partial charge is 0.280 e. The molecule has 1 saturated carbocycles. The van der Waals surface area contributed by atoms with Crippen molar-refractivity contribution in [2.45, 2.75) is 50.5 Å². The molecule has 1 aliphatic heterocycles. The molecule has 0 aromatic rings. The Morgan fingerprint density at radius 3 is 2.15 bits per heavy atom. The molecule has 0 amide bonds. The molecule has 1 saturated heterocycles. The molecule has 0 spiro atoms. The van der Waals surface area contributed by atoms with Gasteiger partial charge in [0.25, 0.3) is 10.2 Å². The molecule has 0 radical (unpaired) electrons. The fourth-order valence-electron chi connectivity index (χ4n) is 2.84. The van der Waals surface area contributed by atoms with Crippen molar-refractivity contribution in [1.82, 2.24) is 9.03 Å². The molecule has 2 fully saturated rings. The summed E-state index contributed by atoms with van der Waals surface area (Å²) in [7, 11) is -3.60. The topological polar surface area (TPSA) is 82.4 Å². The standard InChI is InChI=1S/C13H23N3O3S/c14-12-13(6-4-2-1-3-5-7-13)15-20(17,18)16-8-10-19-11-9-16/h15H,1-11H2. The van der Waals surface area contributed by atoms with Crippen LogP contribution in [0.3, 0.4) is 0 Å². The minimum absolute atomic E-state index is 0.358. The number of nitrogens with zero attached hydrogens (tertiary/aromatic N) is 2. The van der Waals surface area contributed by atoms with Crippen LogP contribution in [0.4, 0.5) is 0 Å². The van der Waals surface area contributed by atoms with Gasteiger partial charge in [-0.2, -0.15) is 22.7 Å². The van der Waals surface area contributed by atoms with Crippen LogP contribution in [0.25, 0.3) is 0 Å². The van der Waals surface area contributed by atoms with E-state index >= 15 is 0 Å². The van der Waals surface area contributed by atoms with E-state index in [1.165, 1.54) is 10.7 Å². The van der Waals surface area contributed by atoms with Gasteiger partial charge in [0.05, 0.1) is 19.3 Å². The van der Waals surface area contributed by atoms with E-state index in [4.69, 9.17) is 4.74 Å². The van der Waals surface area contributed by atoms with E-state index in [9.17, 15) is 13.7 Å². The van der Waals surface area contributed by atoms with Crippen molar-refractivity contribution >= 4 is 10.2 Å². The molecule has 1 N–H and O–H groups in total. The van der Waals surface area contributed by atoms with E-state index in [1.807, 2.05) is 0 Å². The lowest BCUT2D eigenvalue weighted by molar-refractivity contribution is 0.0720. The van der Waals surface area contributed by atoms with Crippen LogP contribution in [0.15, 0.2) is 0 Å². The van der Waals surface area contributed by atoms with Gasteiger partial charge in [-0.15, -0.1) is 0 Å².